The number of nitrogens with zero attached hydrogens (tertiary/aromatic N) is 3. The van der Waals surface area contributed by atoms with Crippen molar-refractivity contribution >= 4 is 11.9 Å². The Balaban J connectivity index is 1.68. The minimum Gasteiger partial charge on any atom is -0.445 e. The third-order valence-corrected chi connectivity index (χ3v) is 4.19. The number of rotatable bonds is 4. The number of anilines is 1. The van der Waals surface area contributed by atoms with E-state index in [9.17, 15) is 18.0 Å². The van der Waals surface area contributed by atoms with E-state index in [-0.39, 0.29) is 12.4 Å². The average Bonchev–Trinajstić information content (AvgIpc) is 3.19. The number of nitrogens with two attached hydrogens (primary N) is 1. The zero-order valence-corrected chi connectivity index (χ0v) is 13.9. The number of halogens is 3. The van der Waals surface area contributed by atoms with E-state index in [0.717, 1.165) is 12.0 Å². The van der Waals surface area contributed by atoms with E-state index in [1.807, 2.05) is 30.3 Å². The molecule has 1 amide bonds. The number of amides is 1. The highest BCUT2D eigenvalue weighted by molar-refractivity contribution is 5.68. The molecule has 1 aliphatic rings. The van der Waals surface area contributed by atoms with Crippen molar-refractivity contribution < 1.29 is 22.7 Å². The zero-order valence-electron chi connectivity index (χ0n) is 13.9. The number of hydrogen-bond donors (Lipinski definition) is 1. The number of ether oxygens (including phenoxy) is 1. The quantitative estimate of drug-likeness (QED) is 0.896. The Labute approximate surface area is 148 Å². The van der Waals surface area contributed by atoms with Crippen molar-refractivity contribution in [2.24, 2.45) is 0 Å². The molecule has 6 nitrogen and oxygen atoms in total. The van der Waals surface area contributed by atoms with Crippen LogP contribution in [0, 0.1) is 0 Å². The van der Waals surface area contributed by atoms with E-state index in [0.29, 0.717) is 23.3 Å². The maximum atomic E-state index is 12.6. The van der Waals surface area contributed by atoms with Crippen molar-refractivity contribution in [1.82, 2.24) is 14.7 Å². The number of likely N-dealkylation sites (tertiary alicyclic amines) is 1. The highest BCUT2D eigenvalue weighted by atomic mass is 19.4. The van der Waals surface area contributed by atoms with Gasteiger partial charge in [0.2, 0.25) is 0 Å². The highest BCUT2D eigenvalue weighted by Gasteiger charge is 2.35. The summed E-state index contributed by atoms with van der Waals surface area (Å²) in [5.41, 5.74) is 6.84. The van der Waals surface area contributed by atoms with Gasteiger partial charge >= 0.3 is 12.3 Å². The second-order valence-corrected chi connectivity index (χ2v) is 6.16. The lowest BCUT2D eigenvalue weighted by molar-refractivity contribution is -0.142. The van der Waals surface area contributed by atoms with Crippen molar-refractivity contribution in [2.75, 3.05) is 12.3 Å². The van der Waals surface area contributed by atoms with Gasteiger partial charge < -0.3 is 10.5 Å². The van der Waals surface area contributed by atoms with Gasteiger partial charge in [0.1, 0.15) is 19.0 Å². The van der Waals surface area contributed by atoms with Crippen LogP contribution in [0.25, 0.3) is 0 Å². The highest BCUT2D eigenvalue weighted by Crippen LogP contribution is 2.33. The standard InChI is InChI=1S/C17H19F3N4O2/c18-17(19,20)11-24-15(21)9-13(22-24)14-7-4-8-23(14)16(25)26-10-12-5-2-1-3-6-12/h1-3,5-6,9,14H,4,7-8,10-11,21H2. The van der Waals surface area contributed by atoms with Gasteiger partial charge in [0.15, 0.2) is 0 Å². The van der Waals surface area contributed by atoms with E-state index >= 15 is 0 Å². The fourth-order valence-electron chi connectivity index (χ4n) is 3.01. The van der Waals surface area contributed by atoms with E-state index in [1.165, 1.54) is 11.0 Å². The maximum absolute atomic E-state index is 12.6. The second kappa shape index (κ2) is 7.27. The lowest BCUT2D eigenvalue weighted by atomic mass is 10.1. The summed E-state index contributed by atoms with van der Waals surface area (Å²) in [4.78, 5) is 13.9. The molecule has 1 saturated heterocycles. The van der Waals surface area contributed by atoms with E-state index in [2.05, 4.69) is 5.10 Å². The van der Waals surface area contributed by atoms with E-state index in [1.54, 1.807) is 0 Å². The maximum Gasteiger partial charge on any atom is 0.410 e. The van der Waals surface area contributed by atoms with E-state index in [4.69, 9.17) is 10.5 Å². The lowest BCUT2D eigenvalue weighted by Crippen LogP contribution is -2.31. The molecular formula is C17H19F3N4O2. The van der Waals surface area contributed by atoms with Gasteiger partial charge in [-0.2, -0.15) is 18.3 Å². The van der Waals surface area contributed by atoms with Crippen LogP contribution in [0.15, 0.2) is 36.4 Å². The van der Waals surface area contributed by atoms with Crippen LogP contribution in [0.1, 0.15) is 30.1 Å². The minimum absolute atomic E-state index is 0.0816. The van der Waals surface area contributed by atoms with Gasteiger partial charge in [-0.3, -0.25) is 4.90 Å². The van der Waals surface area contributed by atoms with E-state index < -0.39 is 24.9 Å². The zero-order chi connectivity index (χ0) is 18.7. The number of benzene rings is 1. The summed E-state index contributed by atoms with van der Waals surface area (Å²) in [5.74, 6) is -0.0816. The molecule has 1 atom stereocenters. The molecule has 1 unspecified atom stereocenters. The molecule has 0 bridgehead atoms. The summed E-state index contributed by atoms with van der Waals surface area (Å²) in [6.45, 7) is -0.665. The molecule has 0 aliphatic carbocycles. The Bertz CT molecular complexity index is 761. The summed E-state index contributed by atoms with van der Waals surface area (Å²) in [6, 6.07) is 10.2. The van der Waals surface area contributed by atoms with Crippen molar-refractivity contribution in [3.05, 3.63) is 47.7 Å². The topological polar surface area (TPSA) is 73.4 Å². The third-order valence-electron chi connectivity index (χ3n) is 4.19. The normalized spacial score (nSPS) is 17.5. The molecule has 2 aromatic rings. The van der Waals surface area contributed by atoms with Gasteiger partial charge in [-0.1, -0.05) is 30.3 Å². The Morgan fingerprint density at radius 1 is 1.31 bits per heavy atom. The van der Waals surface area contributed by atoms with Gasteiger partial charge in [0, 0.05) is 12.6 Å². The van der Waals surface area contributed by atoms with Crippen molar-refractivity contribution in [1.29, 1.82) is 0 Å². The number of carbonyl (C=O) groups excluding carboxylic acids is 1. The van der Waals surface area contributed by atoms with Crippen LogP contribution in [-0.4, -0.2) is 33.5 Å². The number of carbonyl (C=O) groups is 1. The third kappa shape index (κ3) is 4.27. The molecule has 1 aromatic carbocycles. The fourth-order valence-corrected chi connectivity index (χ4v) is 3.01. The first kappa shape index (κ1) is 18.1. The molecule has 0 saturated carbocycles. The molecule has 0 radical (unpaired) electrons. The summed E-state index contributed by atoms with van der Waals surface area (Å²) in [6.07, 6.45) is -3.61. The van der Waals surface area contributed by atoms with Crippen LogP contribution < -0.4 is 5.73 Å². The summed E-state index contributed by atoms with van der Waals surface area (Å²) in [5, 5.41) is 3.95. The molecule has 1 aromatic heterocycles. The second-order valence-electron chi connectivity index (χ2n) is 6.16. The fraction of sp³-hybridized carbons (Fsp3) is 0.412. The monoisotopic (exact) mass is 368 g/mol. The van der Waals surface area contributed by atoms with Gasteiger partial charge in [-0.15, -0.1) is 0 Å². The molecular weight excluding hydrogens is 349 g/mol. The van der Waals surface area contributed by atoms with Gasteiger partial charge in [0.25, 0.3) is 0 Å². The molecule has 3 rings (SSSR count). The molecule has 1 fully saturated rings. The first-order chi connectivity index (χ1) is 12.3. The number of aromatic nitrogens is 2. The van der Waals surface area contributed by atoms with Crippen LogP contribution >= 0.6 is 0 Å². The predicted molar refractivity (Wildman–Crippen MR) is 88.0 cm³/mol. The average molecular weight is 368 g/mol. The largest absolute Gasteiger partial charge is 0.445 e. The summed E-state index contributed by atoms with van der Waals surface area (Å²) in [7, 11) is 0. The molecule has 2 N–H and O–H groups in total. The van der Waals surface area contributed by atoms with Crippen molar-refractivity contribution in [2.45, 2.75) is 38.2 Å². The Kier molecular flexibility index (Phi) is 5.06. The predicted octanol–water partition coefficient (Wildman–Crippen LogP) is 3.50. The molecule has 2 heterocycles. The van der Waals surface area contributed by atoms with Gasteiger partial charge in [0.05, 0.1) is 11.7 Å². The smallest absolute Gasteiger partial charge is 0.410 e. The Hall–Kier alpha value is -2.71. The molecule has 1 aliphatic heterocycles. The van der Waals surface area contributed by atoms with Crippen LogP contribution in [0.4, 0.5) is 23.8 Å². The molecule has 0 spiro atoms. The first-order valence-corrected chi connectivity index (χ1v) is 8.21. The first-order valence-electron chi connectivity index (χ1n) is 8.21. The van der Waals surface area contributed by atoms with Crippen LogP contribution in [0.2, 0.25) is 0 Å². The number of hydrogen-bond acceptors (Lipinski definition) is 4. The SMILES string of the molecule is Nc1cc(C2CCCN2C(=O)OCc2ccccc2)nn1CC(F)(F)F. The van der Waals surface area contributed by atoms with Crippen LogP contribution in [-0.2, 0) is 17.9 Å². The number of nitrogen functional groups attached to an aromatic ring is 1. The summed E-state index contributed by atoms with van der Waals surface area (Å²) >= 11 is 0. The Morgan fingerprint density at radius 2 is 2.04 bits per heavy atom. The Morgan fingerprint density at radius 3 is 2.73 bits per heavy atom. The summed E-state index contributed by atoms with van der Waals surface area (Å²) < 4.78 is 43.8. The molecule has 9 heteroatoms. The van der Waals surface area contributed by atoms with Crippen LogP contribution in [0.5, 0.6) is 0 Å². The molecule has 26 heavy (non-hydrogen) atoms. The minimum atomic E-state index is -4.42. The van der Waals surface area contributed by atoms with Crippen LogP contribution in [0.3, 0.4) is 0 Å². The number of alkyl halides is 3. The lowest BCUT2D eigenvalue weighted by Gasteiger charge is -2.22. The van der Waals surface area contributed by atoms with Gasteiger partial charge in [-0.25, -0.2) is 9.48 Å². The van der Waals surface area contributed by atoms with Crippen molar-refractivity contribution in [3.8, 4) is 0 Å². The van der Waals surface area contributed by atoms with Gasteiger partial charge in [-0.05, 0) is 18.4 Å². The van der Waals surface area contributed by atoms with Crippen molar-refractivity contribution in [3.63, 3.8) is 0 Å². The molecule has 140 valence electrons.